The molecular weight excluding hydrogens is 310 g/mol. The first-order chi connectivity index (χ1) is 11.8. The standard InChI is InChI=1S/C15H21N7O2/c1-24-10-9-22-12-13(11-18-22)19-15(23)21-7-5-20(6-8-21)14-16-3-2-4-17-14/h2-4,11-12H,5-10H2,1H3,(H,19,23). The van der Waals surface area contributed by atoms with Crippen LogP contribution in [0.4, 0.5) is 16.4 Å². The van der Waals surface area contributed by atoms with Gasteiger partial charge in [-0.25, -0.2) is 14.8 Å². The van der Waals surface area contributed by atoms with Crippen molar-refractivity contribution in [3.05, 3.63) is 30.9 Å². The molecule has 0 spiro atoms. The van der Waals surface area contributed by atoms with Crippen molar-refractivity contribution in [3.8, 4) is 0 Å². The van der Waals surface area contributed by atoms with Crippen molar-refractivity contribution >= 4 is 17.7 Å². The lowest BCUT2D eigenvalue weighted by Gasteiger charge is -2.34. The van der Waals surface area contributed by atoms with Crippen LogP contribution in [0.1, 0.15) is 0 Å². The summed E-state index contributed by atoms with van der Waals surface area (Å²) in [7, 11) is 1.65. The Hall–Kier alpha value is -2.68. The van der Waals surface area contributed by atoms with Gasteiger partial charge in [0.05, 0.1) is 25.0 Å². The van der Waals surface area contributed by atoms with E-state index in [0.29, 0.717) is 51.0 Å². The number of carbonyl (C=O) groups is 1. The number of nitrogens with one attached hydrogen (secondary N) is 1. The van der Waals surface area contributed by atoms with Gasteiger partial charge in [0, 0.05) is 51.9 Å². The number of carbonyl (C=O) groups excluding carboxylic acids is 1. The molecule has 2 amide bonds. The predicted octanol–water partition coefficient (Wildman–Crippen LogP) is 0.674. The molecule has 24 heavy (non-hydrogen) atoms. The monoisotopic (exact) mass is 331 g/mol. The number of amides is 2. The van der Waals surface area contributed by atoms with Crippen LogP contribution in [0.5, 0.6) is 0 Å². The molecule has 9 heteroatoms. The normalized spacial score (nSPS) is 14.7. The molecule has 128 valence electrons. The molecule has 1 aliphatic rings. The fraction of sp³-hybridized carbons (Fsp3) is 0.467. The fourth-order valence-corrected chi connectivity index (χ4v) is 2.50. The van der Waals surface area contributed by atoms with Crippen molar-refractivity contribution in [2.75, 3.05) is 50.1 Å². The van der Waals surface area contributed by atoms with E-state index < -0.39 is 0 Å². The van der Waals surface area contributed by atoms with Gasteiger partial charge in [-0.05, 0) is 6.07 Å². The quantitative estimate of drug-likeness (QED) is 0.866. The molecule has 1 saturated heterocycles. The summed E-state index contributed by atoms with van der Waals surface area (Å²) in [4.78, 5) is 24.7. The first kappa shape index (κ1) is 16.2. The molecule has 9 nitrogen and oxygen atoms in total. The lowest BCUT2D eigenvalue weighted by Crippen LogP contribution is -2.50. The van der Waals surface area contributed by atoms with Gasteiger partial charge in [0.2, 0.25) is 5.95 Å². The third-order valence-corrected chi connectivity index (χ3v) is 3.81. The van der Waals surface area contributed by atoms with E-state index >= 15 is 0 Å². The van der Waals surface area contributed by atoms with Crippen LogP contribution in [0.3, 0.4) is 0 Å². The summed E-state index contributed by atoms with van der Waals surface area (Å²) in [5.74, 6) is 0.706. The van der Waals surface area contributed by atoms with Gasteiger partial charge in [-0.1, -0.05) is 0 Å². The topological polar surface area (TPSA) is 88.4 Å². The molecule has 0 saturated carbocycles. The minimum Gasteiger partial charge on any atom is -0.383 e. The highest BCUT2D eigenvalue weighted by molar-refractivity contribution is 5.89. The second-order valence-corrected chi connectivity index (χ2v) is 5.44. The Morgan fingerprint density at radius 2 is 2.00 bits per heavy atom. The molecule has 3 heterocycles. The number of urea groups is 1. The SMILES string of the molecule is COCCn1cc(NC(=O)N2CCN(c3ncccn3)CC2)cn1. The largest absolute Gasteiger partial charge is 0.383 e. The Labute approximate surface area is 140 Å². The molecule has 1 fully saturated rings. The van der Waals surface area contributed by atoms with Gasteiger partial charge in [-0.2, -0.15) is 5.10 Å². The van der Waals surface area contributed by atoms with Crippen LogP contribution in [0.25, 0.3) is 0 Å². The number of hydrogen-bond donors (Lipinski definition) is 1. The maximum absolute atomic E-state index is 12.3. The van der Waals surface area contributed by atoms with E-state index in [1.54, 1.807) is 47.5 Å². The average molecular weight is 331 g/mol. The summed E-state index contributed by atoms with van der Waals surface area (Å²) >= 11 is 0. The number of rotatable bonds is 5. The lowest BCUT2D eigenvalue weighted by molar-refractivity contribution is 0.183. The minimum absolute atomic E-state index is 0.116. The zero-order valence-corrected chi connectivity index (χ0v) is 13.6. The first-order valence-electron chi connectivity index (χ1n) is 7.85. The second kappa shape index (κ2) is 7.73. The van der Waals surface area contributed by atoms with Crippen LogP contribution < -0.4 is 10.2 Å². The highest BCUT2D eigenvalue weighted by Crippen LogP contribution is 2.12. The van der Waals surface area contributed by atoms with E-state index in [2.05, 4.69) is 25.3 Å². The third-order valence-electron chi connectivity index (χ3n) is 3.81. The van der Waals surface area contributed by atoms with Gasteiger partial charge in [0.15, 0.2) is 0 Å². The molecule has 0 unspecified atom stereocenters. The fourth-order valence-electron chi connectivity index (χ4n) is 2.50. The van der Waals surface area contributed by atoms with Gasteiger partial charge in [0.25, 0.3) is 0 Å². The Bertz CT molecular complexity index is 653. The molecule has 0 atom stereocenters. The molecule has 0 radical (unpaired) electrons. The molecule has 1 aliphatic heterocycles. The first-order valence-corrected chi connectivity index (χ1v) is 7.85. The van der Waals surface area contributed by atoms with Crippen molar-refractivity contribution in [2.24, 2.45) is 0 Å². The molecule has 0 aliphatic carbocycles. The number of nitrogens with zero attached hydrogens (tertiary/aromatic N) is 6. The van der Waals surface area contributed by atoms with Crippen LogP contribution in [-0.4, -0.2) is 70.6 Å². The van der Waals surface area contributed by atoms with Crippen LogP contribution in [0, 0.1) is 0 Å². The third kappa shape index (κ3) is 3.99. The minimum atomic E-state index is -0.116. The molecule has 1 N–H and O–H groups in total. The Morgan fingerprint density at radius 3 is 2.71 bits per heavy atom. The van der Waals surface area contributed by atoms with Gasteiger partial charge in [-0.15, -0.1) is 0 Å². The van der Waals surface area contributed by atoms with Crippen molar-refractivity contribution in [1.82, 2.24) is 24.6 Å². The summed E-state index contributed by atoms with van der Waals surface area (Å²) < 4.78 is 6.75. The van der Waals surface area contributed by atoms with Gasteiger partial charge < -0.3 is 19.9 Å². The number of aromatic nitrogens is 4. The van der Waals surface area contributed by atoms with E-state index in [4.69, 9.17) is 4.74 Å². The summed E-state index contributed by atoms with van der Waals surface area (Å²) in [6.45, 7) is 3.92. The van der Waals surface area contributed by atoms with Crippen LogP contribution in [-0.2, 0) is 11.3 Å². The number of anilines is 2. The number of ether oxygens (including phenoxy) is 1. The van der Waals surface area contributed by atoms with E-state index in [9.17, 15) is 4.79 Å². The lowest BCUT2D eigenvalue weighted by atomic mass is 10.3. The summed E-state index contributed by atoms with van der Waals surface area (Å²) in [6, 6.07) is 1.68. The Morgan fingerprint density at radius 1 is 1.25 bits per heavy atom. The molecule has 3 rings (SSSR count). The van der Waals surface area contributed by atoms with Crippen LogP contribution >= 0.6 is 0 Å². The number of piperazine rings is 1. The molecular formula is C15H21N7O2. The maximum Gasteiger partial charge on any atom is 0.322 e. The van der Waals surface area contributed by atoms with E-state index in [1.807, 2.05) is 0 Å². The zero-order chi connectivity index (χ0) is 16.8. The van der Waals surface area contributed by atoms with Crippen molar-refractivity contribution in [3.63, 3.8) is 0 Å². The summed E-state index contributed by atoms with van der Waals surface area (Å²) in [6.07, 6.45) is 6.89. The Balaban J connectivity index is 1.49. The van der Waals surface area contributed by atoms with Crippen molar-refractivity contribution in [1.29, 1.82) is 0 Å². The van der Waals surface area contributed by atoms with E-state index in [1.165, 1.54) is 0 Å². The maximum atomic E-state index is 12.3. The average Bonchev–Trinajstić information content (AvgIpc) is 3.08. The van der Waals surface area contributed by atoms with Gasteiger partial charge in [-0.3, -0.25) is 4.68 Å². The molecule has 0 bridgehead atoms. The predicted molar refractivity (Wildman–Crippen MR) is 88.9 cm³/mol. The number of hydrogen-bond acceptors (Lipinski definition) is 6. The highest BCUT2D eigenvalue weighted by atomic mass is 16.5. The summed E-state index contributed by atoms with van der Waals surface area (Å²) in [5, 5.41) is 7.06. The Kier molecular flexibility index (Phi) is 5.22. The van der Waals surface area contributed by atoms with Crippen molar-refractivity contribution in [2.45, 2.75) is 6.54 Å². The molecule has 2 aromatic rings. The van der Waals surface area contributed by atoms with Crippen LogP contribution in [0.2, 0.25) is 0 Å². The van der Waals surface area contributed by atoms with Crippen molar-refractivity contribution < 1.29 is 9.53 Å². The molecule has 2 aromatic heterocycles. The van der Waals surface area contributed by atoms with Gasteiger partial charge in [0.1, 0.15) is 0 Å². The second-order valence-electron chi connectivity index (χ2n) is 5.44. The van der Waals surface area contributed by atoms with Gasteiger partial charge >= 0.3 is 6.03 Å². The smallest absolute Gasteiger partial charge is 0.322 e. The summed E-state index contributed by atoms with van der Waals surface area (Å²) in [5.41, 5.74) is 0.685. The highest BCUT2D eigenvalue weighted by Gasteiger charge is 2.22. The van der Waals surface area contributed by atoms with E-state index in [-0.39, 0.29) is 6.03 Å². The number of methoxy groups -OCH3 is 1. The zero-order valence-electron chi connectivity index (χ0n) is 13.6. The van der Waals surface area contributed by atoms with E-state index in [0.717, 1.165) is 0 Å². The molecule has 0 aromatic carbocycles. The van der Waals surface area contributed by atoms with Crippen LogP contribution in [0.15, 0.2) is 30.9 Å².